The molecule has 2 aromatic rings. The number of carboxylic acid groups (broad SMARTS) is 1. The molecule has 0 bridgehead atoms. The number of benzene rings is 2. The summed E-state index contributed by atoms with van der Waals surface area (Å²) >= 11 is 0. The lowest BCUT2D eigenvalue weighted by Crippen LogP contribution is -2.41. The van der Waals surface area contributed by atoms with Crippen LogP contribution in [0.3, 0.4) is 0 Å². The topological polar surface area (TPSA) is 84.9 Å². The monoisotopic (exact) mass is 451 g/mol. The Kier molecular flexibility index (Phi) is 7.98. The third-order valence-electron chi connectivity index (χ3n) is 6.59. The predicted octanol–water partition coefficient (Wildman–Crippen LogP) is 5.65. The van der Waals surface area contributed by atoms with Crippen molar-refractivity contribution < 1.29 is 24.0 Å². The zero-order chi connectivity index (χ0) is 24.1. The number of hydrogen-bond acceptors (Lipinski definition) is 4. The lowest BCUT2D eigenvalue weighted by Gasteiger charge is -2.32. The van der Waals surface area contributed by atoms with Crippen LogP contribution in [0.1, 0.15) is 53.4 Å². The van der Waals surface area contributed by atoms with Crippen LogP contribution >= 0.6 is 0 Å². The Labute approximate surface area is 196 Å². The smallest absolute Gasteiger partial charge is 0.457 e. The summed E-state index contributed by atoms with van der Waals surface area (Å²) in [4.78, 5) is 24.4. The molecule has 176 valence electrons. The van der Waals surface area contributed by atoms with Gasteiger partial charge < -0.3 is 19.7 Å². The molecule has 0 aliphatic carbocycles. The number of amides is 1. The summed E-state index contributed by atoms with van der Waals surface area (Å²) < 4.78 is 12.0. The molecule has 0 aromatic heterocycles. The normalized spacial score (nSPS) is 17.5. The van der Waals surface area contributed by atoms with Crippen LogP contribution in [-0.2, 0) is 18.9 Å². The van der Waals surface area contributed by atoms with Crippen molar-refractivity contribution in [1.82, 2.24) is 0 Å². The van der Waals surface area contributed by atoms with Crippen molar-refractivity contribution in [3.63, 3.8) is 0 Å². The van der Waals surface area contributed by atoms with Gasteiger partial charge in [0.05, 0.1) is 11.2 Å². The van der Waals surface area contributed by atoms with Crippen molar-refractivity contribution in [2.45, 2.75) is 70.9 Å². The summed E-state index contributed by atoms with van der Waals surface area (Å²) in [5, 5.41) is 12.4. The van der Waals surface area contributed by atoms with Crippen LogP contribution in [-0.4, -0.2) is 35.3 Å². The van der Waals surface area contributed by atoms with Crippen molar-refractivity contribution >= 4 is 24.7 Å². The molecule has 1 aliphatic rings. The Hall–Kier alpha value is -2.64. The molecule has 1 fully saturated rings. The molecule has 1 aliphatic heterocycles. The van der Waals surface area contributed by atoms with E-state index in [-0.39, 0.29) is 18.3 Å². The van der Waals surface area contributed by atoms with Crippen LogP contribution in [0.15, 0.2) is 54.6 Å². The first kappa shape index (κ1) is 25.0. The molecule has 0 spiro atoms. The molecule has 1 saturated heterocycles. The first-order chi connectivity index (χ1) is 15.6. The van der Waals surface area contributed by atoms with Crippen LogP contribution in [0.4, 0.5) is 5.69 Å². The van der Waals surface area contributed by atoms with E-state index in [0.29, 0.717) is 18.5 Å². The molecule has 2 N–H and O–H groups in total. The minimum Gasteiger partial charge on any atom is -0.481 e. The molecule has 6 nitrogen and oxygen atoms in total. The van der Waals surface area contributed by atoms with Crippen molar-refractivity contribution in [3.05, 3.63) is 54.6 Å². The van der Waals surface area contributed by atoms with Gasteiger partial charge in [-0.3, -0.25) is 9.59 Å². The Morgan fingerprint density at radius 3 is 2.18 bits per heavy atom. The van der Waals surface area contributed by atoms with E-state index in [2.05, 4.69) is 5.32 Å². The molecule has 1 unspecified atom stereocenters. The van der Waals surface area contributed by atoms with E-state index in [9.17, 15) is 14.7 Å². The number of carbonyl (C=O) groups excluding carboxylic acids is 1. The molecule has 1 amide bonds. The minimum absolute atomic E-state index is 0.245. The summed E-state index contributed by atoms with van der Waals surface area (Å²) in [5.74, 6) is -2.67. The SMILES string of the molecule is CC1(C)OB(CCCCCC(C(=O)O)C(=O)Nc2cccc(-c3ccccc3)c2)OC1(C)C. The summed E-state index contributed by atoms with van der Waals surface area (Å²) in [5.41, 5.74) is 1.89. The highest BCUT2D eigenvalue weighted by Gasteiger charge is 2.50. The maximum atomic E-state index is 12.7. The third kappa shape index (κ3) is 6.46. The van der Waals surface area contributed by atoms with Gasteiger partial charge in [-0.05, 0) is 63.7 Å². The zero-order valence-corrected chi connectivity index (χ0v) is 20.0. The Bertz CT molecular complexity index is 944. The molecule has 1 heterocycles. The maximum absolute atomic E-state index is 12.7. The number of hydrogen-bond donors (Lipinski definition) is 2. The van der Waals surface area contributed by atoms with Crippen LogP contribution in [0, 0.1) is 5.92 Å². The van der Waals surface area contributed by atoms with Gasteiger partial charge in [-0.2, -0.15) is 0 Å². The van der Waals surface area contributed by atoms with E-state index in [1.165, 1.54) is 0 Å². The average Bonchev–Trinajstić information content (AvgIpc) is 2.97. The minimum atomic E-state index is -1.10. The molecule has 0 radical (unpaired) electrons. The van der Waals surface area contributed by atoms with Crippen molar-refractivity contribution in [2.24, 2.45) is 5.92 Å². The van der Waals surface area contributed by atoms with Crippen LogP contribution < -0.4 is 5.32 Å². The molecule has 2 aromatic carbocycles. The molecule has 1 atom stereocenters. The quantitative estimate of drug-likeness (QED) is 0.277. The number of aliphatic carboxylic acids is 1. The second-order valence-electron chi connectivity index (χ2n) is 9.65. The third-order valence-corrected chi connectivity index (χ3v) is 6.59. The van der Waals surface area contributed by atoms with Gasteiger partial charge in [0.25, 0.3) is 0 Å². The maximum Gasteiger partial charge on any atom is 0.457 e. The molecule has 33 heavy (non-hydrogen) atoms. The summed E-state index contributed by atoms with van der Waals surface area (Å²) in [7, 11) is -0.245. The summed E-state index contributed by atoms with van der Waals surface area (Å²) in [6, 6.07) is 17.3. The highest BCUT2D eigenvalue weighted by molar-refractivity contribution is 6.45. The fourth-order valence-electron chi connectivity index (χ4n) is 3.92. The number of nitrogens with one attached hydrogen (secondary N) is 1. The van der Waals surface area contributed by atoms with Gasteiger partial charge in [0.2, 0.25) is 5.91 Å². The number of carbonyl (C=O) groups is 2. The fourth-order valence-corrected chi connectivity index (χ4v) is 3.92. The van der Waals surface area contributed by atoms with E-state index in [0.717, 1.165) is 30.3 Å². The van der Waals surface area contributed by atoms with Gasteiger partial charge in [-0.15, -0.1) is 0 Å². The van der Waals surface area contributed by atoms with Gasteiger partial charge in [0.15, 0.2) is 0 Å². The van der Waals surface area contributed by atoms with E-state index >= 15 is 0 Å². The number of rotatable bonds is 10. The molecule has 0 saturated carbocycles. The van der Waals surface area contributed by atoms with Gasteiger partial charge in [0, 0.05) is 5.69 Å². The van der Waals surface area contributed by atoms with E-state index in [4.69, 9.17) is 9.31 Å². The number of carboxylic acids is 1. The first-order valence-corrected chi connectivity index (χ1v) is 11.6. The number of anilines is 1. The summed E-state index contributed by atoms with van der Waals surface area (Å²) in [6.45, 7) is 8.11. The lowest BCUT2D eigenvalue weighted by atomic mass is 9.82. The standard InChI is InChI=1S/C26H34BNO5/c1-25(2)26(3,4)33-27(32-25)17-10-6-9-16-22(24(30)31)23(29)28-21-15-11-14-20(18-21)19-12-7-5-8-13-19/h5,7-8,11-15,18,22H,6,9-10,16-17H2,1-4H3,(H,28,29)(H,30,31). The Morgan fingerprint density at radius 1 is 0.909 bits per heavy atom. The first-order valence-electron chi connectivity index (χ1n) is 11.6. The van der Waals surface area contributed by atoms with E-state index < -0.39 is 17.8 Å². The van der Waals surface area contributed by atoms with Crippen molar-refractivity contribution in [2.75, 3.05) is 5.32 Å². The lowest BCUT2D eigenvalue weighted by molar-refractivity contribution is -0.145. The van der Waals surface area contributed by atoms with Gasteiger partial charge in [-0.25, -0.2) is 0 Å². The van der Waals surface area contributed by atoms with Crippen LogP contribution in [0.2, 0.25) is 6.32 Å². The van der Waals surface area contributed by atoms with E-state index in [1.54, 1.807) is 6.07 Å². The highest BCUT2D eigenvalue weighted by Crippen LogP contribution is 2.38. The fraction of sp³-hybridized carbons (Fsp3) is 0.462. The second kappa shape index (κ2) is 10.5. The van der Waals surface area contributed by atoms with Crippen LogP contribution in [0.25, 0.3) is 11.1 Å². The largest absolute Gasteiger partial charge is 0.481 e. The van der Waals surface area contributed by atoms with Gasteiger partial charge in [-0.1, -0.05) is 61.7 Å². The van der Waals surface area contributed by atoms with Gasteiger partial charge in [0.1, 0.15) is 5.92 Å². The average molecular weight is 451 g/mol. The van der Waals surface area contributed by atoms with Crippen molar-refractivity contribution in [1.29, 1.82) is 0 Å². The Balaban J connectivity index is 1.48. The number of unbranched alkanes of at least 4 members (excludes halogenated alkanes) is 2. The molecule has 3 rings (SSSR count). The molecular weight excluding hydrogens is 417 g/mol. The zero-order valence-electron chi connectivity index (χ0n) is 20.0. The second-order valence-corrected chi connectivity index (χ2v) is 9.65. The van der Waals surface area contributed by atoms with Crippen molar-refractivity contribution in [3.8, 4) is 11.1 Å². The van der Waals surface area contributed by atoms with Gasteiger partial charge >= 0.3 is 13.1 Å². The van der Waals surface area contributed by atoms with E-state index in [1.807, 2.05) is 76.2 Å². The Morgan fingerprint density at radius 2 is 1.55 bits per heavy atom. The van der Waals surface area contributed by atoms with Crippen LogP contribution in [0.5, 0.6) is 0 Å². The highest BCUT2D eigenvalue weighted by atomic mass is 16.7. The molecule has 7 heteroatoms. The molecular formula is C26H34BNO5. The summed E-state index contributed by atoms with van der Waals surface area (Å²) in [6.07, 6.45) is 3.36. The predicted molar refractivity (Wildman–Crippen MR) is 131 cm³/mol.